The number of amides is 2. The number of likely N-dealkylation sites (N-methyl/N-ethyl adjacent to an activating group) is 1. The quantitative estimate of drug-likeness (QED) is 0.755. The highest BCUT2D eigenvalue weighted by Crippen LogP contribution is 2.34. The van der Waals surface area contributed by atoms with Crippen molar-refractivity contribution in [3.8, 4) is 0 Å². The second kappa shape index (κ2) is 8.54. The third kappa shape index (κ3) is 4.58. The molecular weight excluding hydrogens is 356 g/mol. The first-order chi connectivity index (χ1) is 13.4. The number of carbonyl (C=O) groups is 2. The van der Waals surface area contributed by atoms with E-state index in [4.69, 9.17) is 0 Å². The Balaban J connectivity index is 1.75. The number of fused-ring (bicyclic) bond motifs is 1. The largest absolute Gasteiger partial charge is 0.352 e. The lowest BCUT2D eigenvalue weighted by Gasteiger charge is -2.21. The van der Waals surface area contributed by atoms with Crippen molar-refractivity contribution >= 4 is 22.7 Å². The monoisotopic (exact) mass is 384 g/mol. The number of hydrogen-bond acceptors (Lipinski definition) is 4. The van der Waals surface area contributed by atoms with Crippen molar-refractivity contribution in [1.29, 1.82) is 0 Å². The molecule has 150 valence electrons. The molecule has 28 heavy (non-hydrogen) atoms. The van der Waals surface area contributed by atoms with Crippen LogP contribution >= 0.6 is 0 Å². The lowest BCUT2D eigenvalue weighted by Crippen LogP contribution is -2.42. The fraction of sp³-hybridized carbons (Fsp3) is 0.524. The summed E-state index contributed by atoms with van der Waals surface area (Å²) in [6, 6.07) is 7.55. The normalized spacial score (nSPS) is 13.7. The van der Waals surface area contributed by atoms with Crippen molar-refractivity contribution in [3.63, 3.8) is 0 Å². The SMILES string of the molecule is CCN(CC(=O)NC(C)C)C(=O)CCc1nc2ccccc2c(=O)n1C1CC1. The van der Waals surface area contributed by atoms with Gasteiger partial charge in [-0.25, -0.2) is 4.98 Å². The van der Waals surface area contributed by atoms with Gasteiger partial charge in [0.15, 0.2) is 0 Å². The smallest absolute Gasteiger partial charge is 0.261 e. The highest BCUT2D eigenvalue weighted by atomic mass is 16.2. The maximum atomic E-state index is 12.9. The minimum atomic E-state index is -0.163. The predicted molar refractivity (Wildman–Crippen MR) is 108 cm³/mol. The minimum Gasteiger partial charge on any atom is -0.352 e. The highest BCUT2D eigenvalue weighted by molar-refractivity contribution is 5.85. The second-order valence-corrected chi connectivity index (χ2v) is 7.58. The summed E-state index contributed by atoms with van der Waals surface area (Å²) in [5, 5.41) is 3.42. The Morgan fingerprint density at radius 2 is 2.00 bits per heavy atom. The van der Waals surface area contributed by atoms with E-state index >= 15 is 0 Å². The Morgan fingerprint density at radius 3 is 2.64 bits per heavy atom. The first-order valence-corrected chi connectivity index (χ1v) is 9.98. The number of benzene rings is 1. The standard InChI is InChI=1S/C21H28N4O3/c1-4-24(13-19(26)22-14(2)3)20(27)12-11-18-23-17-8-6-5-7-16(17)21(28)25(18)15-9-10-15/h5-8,14-15H,4,9-13H2,1-3H3,(H,22,26). The predicted octanol–water partition coefficient (Wildman–Crippen LogP) is 2.04. The molecule has 2 aromatic rings. The van der Waals surface area contributed by atoms with Crippen molar-refractivity contribution in [1.82, 2.24) is 19.8 Å². The zero-order chi connectivity index (χ0) is 20.3. The summed E-state index contributed by atoms with van der Waals surface area (Å²) in [6.45, 7) is 6.14. The third-order valence-electron chi connectivity index (χ3n) is 4.87. The van der Waals surface area contributed by atoms with Crippen molar-refractivity contribution < 1.29 is 9.59 Å². The molecule has 0 saturated heterocycles. The number of nitrogens with zero attached hydrogens (tertiary/aromatic N) is 3. The first-order valence-electron chi connectivity index (χ1n) is 9.98. The summed E-state index contributed by atoms with van der Waals surface area (Å²) in [5.74, 6) is 0.386. The average molecular weight is 384 g/mol. The molecule has 1 fully saturated rings. The van der Waals surface area contributed by atoms with Gasteiger partial charge in [0.1, 0.15) is 5.82 Å². The van der Waals surface area contributed by atoms with Crippen LogP contribution in [0.5, 0.6) is 0 Å². The number of rotatable bonds is 8. The Labute approximate surface area is 164 Å². The molecule has 0 bridgehead atoms. The van der Waals surface area contributed by atoms with Gasteiger partial charge in [0.2, 0.25) is 11.8 Å². The van der Waals surface area contributed by atoms with Crippen molar-refractivity contribution in [3.05, 3.63) is 40.4 Å². The summed E-state index contributed by atoms with van der Waals surface area (Å²) >= 11 is 0. The maximum absolute atomic E-state index is 12.9. The van der Waals surface area contributed by atoms with Crippen LogP contribution in [0.3, 0.4) is 0 Å². The molecular formula is C21H28N4O3. The van der Waals surface area contributed by atoms with Crippen LogP contribution in [0.1, 0.15) is 51.9 Å². The summed E-state index contributed by atoms with van der Waals surface area (Å²) < 4.78 is 1.76. The van der Waals surface area contributed by atoms with Gasteiger partial charge in [-0.15, -0.1) is 0 Å². The van der Waals surface area contributed by atoms with E-state index in [1.807, 2.05) is 39.0 Å². The van der Waals surface area contributed by atoms with Crippen molar-refractivity contribution in [2.24, 2.45) is 0 Å². The molecule has 1 saturated carbocycles. The summed E-state index contributed by atoms with van der Waals surface area (Å²) in [5.41, 5.74) is 0.634. The van der Waals surface area contributed by atoms with E-state index in [9.17, 15) is 14.4 Å². The summed E-state index contributed by atoms with van der Waals surface area (Å²) in [4.78, 5) is 43.7. The number of para-hydroxylation sites is 1. The zero-order valence-electron chi connectivity index (χ0n) is 16.8. The van der Waals surface area contributed by atoms with E-state index in [1.54, 1.807) is 15.5 Å². The van der Waals surface area contributed by atoms with Gasteiger partial charge in [-0.3, -0.25) is 19.0 Å². The lowest BCUT2D eigenvalue weighted by molar-refractivity contribution is -0.136. The number of nitrogens with one attached hydrogen (secondary N) is 1. The topological polar surface area (TPSA) is 84.3 Å². The number of aromatic nitrogens is 2. The molecule has 1 aromatic heterocycles. The van der Waals surface area contributed by atoms with E-state index in [0.717, 1.165) is 12.8 Å². The zero-order valence-corrected chi connectivity index (χ0v) is 16.8. The lowest BCUT2D eigenvalue weighted by atomic mass is 10.2. The number of hydrogen-bond donors (Lipinski definition) is 1. The molecule has 1 heterocycles. The summed E-state index contributed by atoms with van der Waals surface area (Å²) in [7, 11) is 0. The van der Waals surface area contributed by atoms with Crippen LogP contribution in [0.4, 0.5) is 0 Å². The number of carbonyl (C=O) groups excluding carboxylic acids is 2. The van der Waals surface area contributed by atoms with Crippen molar-refractivity contribution in [2.45, 2.75) is 58.5 Å². The molecule has 2 amide bonds. The van der Waals surface area contributed by atoms with E-state index < -0.39 is 0 Å². The molecule has 0 radical (unpaired) electrons. The van der Waals surface area contributed by atoms with Gasteiger partial charge in [0.25, 0.3) is 5.56 Å². The van der Waals surface area contributed by atoms with Crippen LogP contribution in [-0.2, 0) is 16.0 Å². The fourth-order valence-corrected chi connectivity index (χ4v) is 3.37. The van der Waals surface area contributed by atoms with Gasteiger partial charge < -0.3 is 10.2 Å². The molecule has 3 rings (SSSR count). The van der Waals surface area contributed by atoms with E-state index in [-0.39, 0.29) is 42.4 Å². The average Bonchev–Trinajstić information content (AvgIpc) is 3.48. The molecule has 7 nitrogen and oxygen atoms in total. The molecule has 1 N–H and O–H groups in total. The van der Waals surface area contributed by atoms with Crippen LogP contribution in [0.25, 0.3) is 10.9 Å². The summed E-state index contributed by atoms with van der Waals surface area (Å²) in [6.07, 6.45) is 2.55. The van der Waals surface area contributed by atoms with Gasteiger partial charge in [0.05, 0.1) is 17.4 Å². The van der Waals surface area contributed by atoms with Crippen LogP contribution in [0.2, 0.25) is 0 Å². The van der Waals surface area contributed by atoms with Gasteiger partial charge in [0, 0.05) is 31.5 Å². The van der Waals surface area contributed by atoms with Crippen LogP contribution in [-0.4, -0.2) is 45.4 Å². The fourth-order valence-electron chi connectivity index (χ4n) is 3.37. The van der Waals surface area contributed by atoms with E-state index in [2.05, 4.69) is 10.3 Å². The Kier molecular flexibility index (Phi) is 6.11. The van der Waals surface area contributed by atoms with Crippen LogP contribution < -0.4 is 10.9 Å². The molecule has 1 aliphatic carbocycles. The molecule has 0 unspecified atom stereocenters. The van der Waals surface area contributed by atoms with Gasteiger partial charge in [-0.1, -0.05) is 12.1 Å². The molecule has 0 spiro atoms. The van der Waals surface area contributed by atoms with Crippen LogP contribution in [0, 0.1) is 0 Å². The van der Waals surface area contributed by atoms with Gasteiger partial charge >= 0.3 is 0 Å². The highest BCUT2D eigenvalue weighted by Gasteiger charge is 2.28. The van der Waals surface area contributed by atoms with E-state index in [1.165, 1.54) is 0 Å². The van der Waals surface area contributed by atoms with E-state index in [0.29, 0.717) is 29.7 Å². The Morgan fingerprint density at radius 1 is 1.29 bits per heavy atom. The molecule has 0 atom stereocenters. The first kappa shape index (κ1) is 20.0. The van der Waals surface area contributed by atoms with Crippen LogP contribution in [0.15, 0.2) is 29.1 Å². The van der Waals surface area contributed by atoms with Gasteiger partial charge in [-0.05, 0) is 45.7 Å². The maximum Gasteiger partial charge on any atom is 0.261 e. The van der Waals surface area contributed by atoms with Crippen molar-refractivity contribution in [2.75, 3.05) is 13.1 Å². The Hall–Kier alpha value is -2.70. The molecule has 1 aromatic carbocycles. The van der Waals surface area contributed by atoms with Gasteiger partial charge in [-0.2, -0.15) is 0 Å². The molecule has 1 aliphatic rings. The Bertz CT molecular complexity index is 931. The third-order valence-corrected chi connectivity index (χ3v) is 4.87. The molecule has 0 aliphatic heterocycles. The molecule has 7 heteroatoms. The number of aryl methyl sites for hydroxylation is 1. The minimum absolute atomic E-state index is 0.0285. The second-order valence-electron chi connectivity index (χ2n) is 7.58.